The van der Waals surface area contributed by atoms with Crippen molar-refractivity contribution in [3.8, 4) is 22.8 Å². The van der Waals surface area contributed by atoms with Gasteiger partial charge in [-0.1, -0.05) is 18.5 Å². The zero-order valence-electron chi connectivity index (χ0n) is 20.4. The highest BCUT2D eigenvalue weighted by atomic mass is 35.5. The minimum atomic E-state index is -0.917. The van der Waals surface area contributed by atoms with Gasteiger partial charge < -0.3 is 13.9 Å². The molecule has 196 valence electrons. The molecule has 0 unspecified atom stereocenters. The van der Waals surface area contributed by atoms with Crippen LogP contribution in [-0.2, 0) is 9.59 Å². The SMILES string of the molecule is CCCOc1ccc(N2C(=O)NC(=O)/C(=C\c3ccc(-c4ccc([N+](=O)[O-])cc4Cl)o3)C2=O)cc1OCC. The summed E-state index contributed by atoms with van der Waals surface area (Å²) in [5, 5.41) is 13.2. The van der Waals surface area contributed by atoms with Crippen LogP contribution in [0.2, 0.25) is 5.02 Å². The molecule has 4 rings (SSSR count). The molecule has 12 heteroatoms. The van der Waals surface area contributed by atoms with Crippen LogP contribution in [0.25, 0.3) is 17.4 Å². The normalized spacial score (nSPS) is 14.6. The second-order valence-corrected chi connectivity index (χ2v) is 8.40. The van der Waals surface area contributed by atoms with Gasteiger partial charge in [-0.25, -0.2) is 9.69 Å². The first-order valence-corrected chi connectivity index (χ1v) is 12.0. The molecule has 3 aromatic rings. The van der Waals surface area contributed by atoms with Gasteiger partial charge in [0.15, 0.2) is 11.5 Å². The molecule has 1 saturated heterocycles. The number of carbonyl (C=O) groups excluding carboxylic acids is 3. The van der Waals surface area contributed by atoms with Gasteiger partial charge >= 0.3 is 6.03 Å². The van der Waals surface area contributed by atoms with Crippen molar-refractivity contribution >= 4 is 46.9 Å². The fourth-order valence-corrected chi connectivity index (χ4v) is 3.93. The lowest BCUT2D eigenvalue weighted by atomic mass is 10.1. The van der Waals surface area contributed by atoms with Crippen molar-refractivity contribution in [2.45, 2.75) is 20.3 Å². The number of nitrogens with one attached hydrogen (secondary N) is 1. The lowest BCUT2D eigenvalue weighted by Gasteiger charge is -2.27. The van der Waals surface area contributed by atoms with Crippen LogP contribution >= 0.6 is 11.6 Å². The second kappa shape index (κ2) is 11.2. The summed E-state index contributed by atoms with van der Waals surface area (Å²) < 4.78 is 17.0. The van der Waals surface area contributed by atoms with E-state index in [0.29, 0.717) is 30.3 Å². The Morgan fingerprint density at radius 2 is 1.84 bits per heavy atom. The van der Waals surface area contributed by atoms with E-state index < -0.39 is 22.8 Å². The standard InChI is InChI=1S/C26H22ClN3O8/c1-3-11-37-22-9-6-15(13-23(22)36-4-2)29-25(32)19(24(31)28-26(29)33)14-17-7-10-21(38-17)18-8-5-16(30(34)35)12-20(18)27/h5-10,12-14H,3-4,11H2,1-2H3,(H,28,31,33)/b19-14+. The molecule has 1 aliphatic heterocycles. The average Bonchev–Trinajstić information content (AvgIpc) is 3.34. The number of hydrogen-bond acceptors (Lipinski definition) is 8. The molecule has 0 bridgehead atoms. The third-order valence-electron chi connectivity index (χ3n) is 5.39. The number of ether oxygens (including phenoxy) is 2. The Morgan fingerprint density at radius 3 is 2.53 bits per heavy atom. The van der Waals surface area contributed by atoms with Gasteiger partial charge in [0, 0.05) is 23.8 Å². The zero-order valence-corrected chi connectivity index (χ0v) is 21.1. The summed E-state index contributed by atoms with van der Waals surface area (Å²) in [6, 6.07) is 10.6. The van der Waals surface area contributed by atoms with Crippen LogP contribution < -0.4 is 19.7 Å². The fourth-order valence-electron chi connectivity index (χ4n) is 3.66. The maximum absolute atomic E-state index is 13.3. The van der Waals surface area contributed by atoms with E-state index in [1.807, 2.05) is 6.92 Å². The molecule has 2 heterocycles. The Morgan fingerprint density at radius 1 is 1.05 bits per heavy atom. The Bertz CT molecular complexity index is 1460. The van der Waals surface area contributed by atoms with E-state index in [-0.39, 0.29) is 33.5 Å². The number of amides is 4. The summed E-state index contributed by atoms with van der Waals surface area (Å²) >= 11 is 6.17. The lowest BCUT2D eigenvalue weighted by Crippen LogP contribution is -2.54. The highest BCUT2D eigenvalue weighted by molar-refractivity contribution is 6.39. The highest BCUT2D eigenvalue weighted by Gasteiger charge is 2.37. The van der Waals surface area contributed by atoms with E-state index in [2.05, 4.69) is 5.32 Å². The van der Waals surface area contributed by atoms with Gasteiger partial charge in [-0.2, -0.15) is 0 Å². The number of nitrogens with zero attached hydrogens (tertiary/aromatic N) is 2. The van der Waals surface area contributed by atoms with Crippen LogP contribution in [0.4, 0.5) is 16.2 Å². The van der Waals surface area contributed by atoms with E-state index in [1.54, 1.807) is 13.0 Å². The van der Waals surface area contributed by atoms with Crippen LogP contribution in [0.5, 0.6) is 11.5 Å². The smallest absolute Gasteiger partial charge is 0.335 e. The summed E-state index contributed by atoms with van der Waals surface area (Å²) in [6.07, 6.45) is 1.98. The number of rotatable bonds is 9. The van der Waals surface area contributed by atoms with Gasteiger partial charge in [-0.3, -0.25) is 25.0 Å². The molecule has 0 radical (unpaired) electrons. The number of imide groups is 2. The molecular weight excluding hydrogens is 518 g/mol. The van der Waals surface area contributed by atoms with Crippen LogP contribution in [0, 0.1) is 10.1 Å². The van der Waals surface area contributed by atoms with Crippen molar-refractivity contribution in [1.29, 1.82) is 0 Å². The van der Waals surface area contributed by atoms with Crippen molar-refractivity contribution in [2.75, 3.05) is 18.1 Å². The summed E-state index contributed by atoms with van der Waals surface area (Å²) in [5.41, 5.74) is 0.0341. The number of carbonyl (C=O) groups is 3. The van der Waals surface area contributed by atoms with Gasteiger partial charge in [-0.15, -0.1) is 0 Å². The number of non-ortho nitro benzene ring substituents is 1. The topological polar surface area (TPSA) is 141 Å². The molecule has 0 aliphatic carbocycles. The maximum Gasteiger partial charge on any atom is 0.335 e. The number of barbiturate groups is 1. The van der Waals surface area contributed by atoms with Crippen molar-refractivity contribution < 1.29 is 33.2 Å². The molecule has 1 aromatic heterocycles. The largest absolute Gasteiger partial charge is 0.490 e. The van der Waals surface area contributed by atoms with Gasteiger partial charge in [0.1, 0.15) is 17.1 Å². The van der Waals surface area contributed by atoms with Crippen LogP contribution in [0.15, 0.2) is 58.5 Å². The lowest BCUT2D eigenvalue weighted by molar-refractivity contribution is -0.384. The monoisotopic (exact) mass is 539 g/mol. The minimum Gasteiger partial charge on any atom is -0.490 e. The van der Waals surface area contributed by atoms with Gasteiger partial charge in [-0.05, 0) is 49.8 Å². The van der Waals surface area contributed by atoms with Gasteiger partial charge in [0.2, 0.25) is 0 Å². The molecule has 38 heavy (non-hydrogen) atoms. The van der Waals surface area contributed by atoms with Crippen LogP contribution in [0.3, 0.4) is 0 Å². The molecule has 2 aromatic carbocycles. The number of urea groups is 1. The molecule has 0 spiro atoms. The summed E-state index contributed by atoms with van der Waals surface area (Å²) in [6.45, 7) is 4.53. The van der Waals surface area contributed by atoms with Crippen molar-refractivity contribution in [1.82, 2.24) is 5.32 Å². The molecule has 1 fully saturated rings. The first-order chi connectivity index (χ1) is 18.2. The Hall–Kier alpha value is -4.64. The number of benzene rings is 2. The predicted octanol–water partition coefficient (Wildman–Crippen LogP) is 5.36. The van der Waals surface area contributed by atoms with Gasteiger partial charge in [0.25, 0.3) is 17.5 Å². The van der Waals surface area contributed by atoms with Crippen LogP contribution in [0.1, 0.15) is 26.0 Å². The zero-order chi connectivity index (χ0) is 27.4. The van der Waals surface area contributed by atoms with Crippen molar-refractivity contribution in [3.63, 3.8) is 0 Å². The first kappa shape index (κ1) is 26.4. The van der Waals surface area contributed by atoms with Crippen molar-refractivity contribution in [3.05, 3.63) is 75.0 Å². The highest BCUT2D eigenvalue weighted by Crippen LogP contribution is 2.35. The van der Waals surface area contributed by atoms with Gasteiger partial charge in [0.05, 0.1) is 28.8 Å². The molecule has 0 atom stereocenters. The second-order valence-electron chi connectivity index (χ2n) is 7.99. The number of furan rings is 1. The van der Waals surface area contributed by atoms with E-state index in [0.717, 1.165) is 11.3 Å². The number of halogens is 1. The molecule has 4 amide bonds. The van der Waals surface area contributed by atoms with E-state index >= 15 is 0 Å². The summed E-state index contributed by atoms with van der Waals surface area (Å²) in [5.74, 6) is -0.567. The molecule has 0 saturated carbocycles. The van der Waals surface area contributed by atoms with E-state index in [1.165, 1.54) is 48.5 Å². The van der Waals surface area contributed by atoms with Crippen molar-refractivity contribution in [2.24, 2.45) is 0 Å². The quantitative estimate of drug-likeness (QED) is 0.166. The number of hydrogen-bond donors (Lipinski definition) is 1. The van der Waals surface area contributed by atoms with E-state index in [4.69, 9.17) is 25.5 Å². The molecule has 1 N–H and O–H groups in total. The summed E-state index contributed by atoms with van der Waals surface area (Å²) in [4.78, 5) is 49.7. The third kappa shape index (κ3) is 5.37. The molecule has 1 aliphatic rings. The minimum absolute atomic E-state index is 0.0903. The summed E-state index contributed by atoms with van der Waals surface area (Å²) in [7, 11) is 0. The first-order valence-electron chi connectivity index (χ1n) is 11.6. The third-order valence-corrected chi connectivity index (χ3v) is 5.70. The Balaban J connectivity index is 1.65. The average molecular weight is 540 g/mol. The van der Waals surface area contributed by atoms with Crippen LogP contribution in [-0.4, -0.2) is 36.0 Å². The number of nitro groups is 1. The molecular formula is C26H22ClN3O8. The van der Waals surface area contributed by atoms with E-state index in [9.17, 15) is 24.5 Å². The number of nitro benzene ring substituents is 1. The Kier molecular flexibility index (Phi) is 7.77. The Labute approximate surface area is 221 Å². The maximum atomic E-state index is 13.3. The molecule has 11 nitrogen and oxygen atoms in total. The number of anilines is 1. The predicted molar refractivity (Wildman–Crippen MR) is 138 cm³/mol. The fraction of sp³-hybridized carbons (Fsp3) is 0.192.